The number of aryl methyl sites for hydroxylation is 1. The van der Waals surface area contributed by atoms with Gasteiger partial charge in [0.05, 0.1) is 16.4 Å². The number of carbonyl (C=O) groups excluding carboxylic acids is 1. The molecule has 1 unspecified atom stereocenters. The maximum Gasteiger partial charge on any atom is 0.222 e. The van der Waals surface area contributed by atoms with Gasteiger partial charge in [0.15, 0.2) is 5.50 Å². The minimum atomic E-state index is -0.277. The monoisotopic (exact) mass is 423 g/mol. The molecule has 0 radical (unpaired) electrons. The van der Waals surface area contributed by atoms with E-state index in [-0.39, 0.29) is 11.4 Å². The summed E-state index contributed by atoms with van der Waals surface area (Å²) in [6.07, 6.45) is 1.13. The average molecular weight is 424 g/mol. The Bertz CT molecular complexity index is 1010. The number of carbonyl (C=O) groups is 1. The Morgan fingerprint density at radius 2 is 1.79 bits per heavy atom. The molecule has 0 spiro atoms. The van der Waals surface area contributed by atoms with E-state index < -0.39 is 0 Å². The van der Waals surface area contributed by atoms with Crippen LogP contribution in [0.5, 0.6) is 0 Å². The topological polar surface area (TPSA) is 58.4 Å². The molecule has 0 saturated heterocycles. The lowest BCUT2D eigenvalue weighted by Crippen LogP contribution is -2.42. The zero-order valence-corrected chi connectivity index (χ0v) is 17.4. The van der Waals surface area contributed by atoms with Crippen LogP contribution < -0.4 is 16.0 Å². The van der Waals surface area contributed by atoms with Crippen LogP contribution in [0, 0.1) is 0 Å². The largest absolute Gasteiger partial charge is 0.327 e. The molecule has 0 saturated carbocycles. The van der Waals surface area contributed by atoms with Gasteiger partial charge in [0.1, 0.15) is 0 Å². The summed E-state index contributed by atoms with van der Waals surface area (Å²) in [4.78, 5) is 15.9. The molecule has 1 heterocycles. The zero-order valence-electron chi connectivity index (χ0n) is 15.8. The molecule has 3 aromatic rings. The first kappa shape index (κ1) is 19.8. The third kappa shape index (κ3) is 4.27. The van der Waals surface area contributed by atoms with Crippen LogP contribution in [-0.2, 0) is 17.8 Å². The van der Waals surface area contributed by atoms with Crippen molar-refractivity contribution in [3.8, 4) is 0 Å². The van der Waals surface area contributed by atoms with Gasteiger partial charge in [-0.1, -0.05) is 78.0 Å². The number of nitrogens with one attached hydrogen (secondary N) is 1. The van der Waals surface area contributed by atoms with Crippen LogP contribution in [0.2, 0.25) is 5.02 Å². The highest BCUT2D eigenvalue weighted by Crippen LogP contribution is 2.49. The molecule has 0 bridgehead atoms. The van der Waals surface area contributed by atoms with Gasteiger partial charge in [0, 0.05) is 17.9 Å². The average Bonchev–Trinajstić information content (AvgIpc) is 3.10. The summed E-state index contributed by atoms with van der Waals surface area (Å²) < 4.78 is 0. The first-order valence-electron chi connectivity index (χ1n) is 9.53. The van der Waals surface area contributed by atoms with Crippen molar-refractivity contribution in [3.05, 3.63) is 88.9 Å². The summed E-state index contributed by atoms with van der Waals surface area (Å²) in [5.74, 6) is 0.00510. The van der Waals surface area contributed by atoms with Crippen molar-refractivity contribution in [2.45, 2.75) is 29.8 Å². The zero-order chi connectivity index (χ0) is 20.2. The third-order valence-electron chi connectivity index (χ3n) is 4.90. The van der Waals surface area contributed by atoms with Crippen molar-refractivity contribution in [2.75, 3.05) is 4.90 Å². The summed E-state index contributed by atoms with van der Waals surface area (Å²) in [5, 5.41) is 3.79. The van der Waals surface area contributed by atoms with Crippen molar-refractivity contribution < 1.29 is 4.79 Å². The lowest BCUT2D eigenvalue weighted by molar-refractivity contribution is -0.121. The Morgan fingerprint density at radius 3 is 2.59 bits per heavy atom. The third-order valence-corrected chi connectivity index (χ3v) is 6.35. The van der Waals surface area contributed by atoms with Gasteiger partial charge in [-0.25, -0.2) is 0 Å². The number of fused-ring (bicyclic) bond motifs is 1. The second-order valence-electron chi connectivity index (χ2n) is 6.81. The number of thioether (sulfide) groups is 1. The second-order valence-corrected chi connectivity index (χ2v) is 8.34. The van der Waals surface area contributed by atoms with E-state index >= 15 is 0 Å². The molecule has 148 valence electrons. The van der Waals surface area contributed by atoms with E-state index in [9.17, 15) is 4.79 Å². The predicted octanol–water partition coefficient (Wildman–Crippen LogP) is 5.08. The quantitative estimate of drug-likeness (QED) is 0.580. The molecule has 4 rings (SSSR count). The van der Waals surface area contributed by atoms with Crippen molar-refractivity contribution in [2.24, 2.45) is 5.73 Å². The van der Waals surface area contributed by atoms with Gasteiger partial charge < -0.3 is 16.0 Å². The Kier molecular flexibility index (Phi) is 6.09. The summed E-state index contributed by atoms with van der Waals surface area (Å²) in [6, 6.07) is 23.9. The van der Waals surface area contributed by atoms with Crippen LogP contribution in [0.3, 0.4) is 0 Å². The van der Waals surface area contributed by atoms with Gasteiger partial charge in [-0.2, -0.15) is 0 Å². The maximum absolute atomic E-state index is 12.7. The molecule has 1 aliphatic heterocycles. The fourth-order valence-electron chi connectivity index (χ4n) is 3.49. The van der Waals surface area contributed by atoms with Gasteiger partial charge in [0.2, 0.25) is 5.91 Å². The molecular weight excluding hydrogens is 402 g/mol. The van der Waals surface area contributed by atoms with E-state index in [1.165, 1.54) is 0 Å². The minimum absolute atomic E-state index is 0.00510. The Hall–Kier alpha value is -2.47. The molecule has 1 aliphatic rings. The molecule has 0 aromatic heterocycles. The van der Waals surface area contributed by atoms with Crippen molar-refractivity contribution in [1.82, 2.24) is 5.32 Å². The summed E-state index contributed by atoms with van der Waals surface area (Å²) >= 11 is 8.19. The standard InChI is InChI=1S/C23H22ClN3OS/c24-18-10-6-9-17(15-25)22(18)27-19-11-4-5-12-20(19)29-23(27)26-21(28)14-13-16-7-2-1-3-8-16/h1-12,23H,13-15,25H2,(H,26,28). The normalized spacial score (nSPS) is 15.2. The second kappa shape index (κ2) is 8.91. The molecule has 29 heavy (non-hydrogen) atoms. The van der Waals surface area contributed by atoms with E-state index in [2.05, 4.69) is 16.3 Å². The van der Waals surface area contributed by atoms with Gasteiger partial charge in [-0.05, 0) is 35.7 Å². The van der Waals surface area contributed by atoms with Crippen molar-refractivity contribution in [1.29, 1.82) is 0 Å². The molecule has 1 atom stereocenters. The molecule has 6 heteroatoms. The smallest absolute Gasteiger partial charge is 0.222 e. The van der Waals surface area contributed by atoms with E-state index in [0.717, 1.165) is 27.4 Å². The molecule has 0 aliphatic carbocycles. The SMILES string of the molecule is NCc1cccc(Cl)c1N1c2ccccc2SC1NC(=O)CCc1ccccc1. The number of anilines is 2. The Labute approximate surface area is 180 Å². The van der Waals surface area contributed by atoms with Gasteiger partial charge in [0.25, 0.3) is 0 Å². The Morgan fingerprint density at radius 1 is 1.03 bits per heavy atom. The lowest BCUT2D eigenvalue weighted by Gasteiger charge is -2.30. The molecule has 4 nitrogen and oxygen atoms in total. The van der Waals surface area contributed by atoms with Crippen molar-refractivity contribution >= 4 is 40.6 Å². The van der Waals surface area contributed by atoms with E-state index in [1.54, 1.807) is 11.8 Å². The van der Waals surface area contributed by atoms with E-state index in [0.29, 0.717) is 24.4 Å². The highest BCUT2D eigenvalue weighted by molar-refractivity contribution is 8.00. The summed E-state index contributed by atoms with van der Waals surface area (Å²) in [7, 11) is 0. The number of halogens is 1. The number of hydrogen-bond acceptors (Lipinski definition) is 4. The molecule has 0 fully saturated rings. The number of rotatable bonds is 6. The molecule has 3 aromatic carbocycles. The fourth-order valence-corrected chi connectivity index (χ4v) is 4.98. The molecule has 1 amide bonds. The van der Waals surface area contributed by atoms with E-state index in [4.69, 9.17) is 17.3 Å². The fraction of sp³-hybridized carbons (Fsp3) is 0.174. The summed E-state index contributed by atoms with van der Waals surface area (Å²) in [5.41, 5.74) is 9.68. The number of amides is 1. The first-order valence-corrected chi connectivity index (χ1v) is 10.8. The first-order chi connectivity index (χ1) is 14.2. The minimum Gasteiger partial charge on any atom is -0.327 e. The number of benzene rings is 3. The Balaban J connectivity index is 1.59. The van der Waals surface area contributed by atoms with Crippen LogP contribution in [0.4, 0.5) is 11.4 Å². The van der Waals surface area contributed by atoms with Crippen molar-refractivity contribution in [3.63, 3.8) is 0 Å². The van der Waals surface area contributed by atoms with Gasteiger partial charge in [-0.15, -0.1) is 0 Å². The van der Waals surface area contributed by atoms with Gasteiger partial charge in [-0.3, -0.25) is 4.79 Å². The van der Waals surface area contributed by atoms with Crippen LogP contribution in [0.25, 0.3) is 0 Å². The number of nitrogens with zero attached hydrogens (tertiary/aromatic N) is 1. The number of hydrogen-bond donors (Lipinski definition) is 2. The lowest BCUT2D eigenvalue weighted by atomic mass is 10.1. The maximum atomic E-state index is 12.7. The predicted molar refractivity (Wildman–Crippen MR) is 120 cm³/mol. The highest BCUT2D eigenvalue weighted by atomic mass is 35.5. The van der Waals surface area contributed by atoms with Crippen LogP contribution in [0.15, 0.2) is 77.7 Å². The number of para-hydroxylation sites is 2. The van der Waals surface area contributed by atoms with Crippen LogP contribution in [0.1, 0.15) is 17.5 Å². The highest BCUT2D eigenvalue weighted by Gasteiger charge is 2.34. The van der Waals surface area contributed by atoms with Crippen LogP contribution in [-0.4, -0.2) is 11.4 Å². The van der Waals surface area contributed by atoms with Gasteiger partial charge >= 0.3 is 0 Å². The van der Waals surface area contributed by atoms with Crippen LogP contribution >= 0.6 is 23.4 Å². The molecule has 3 N–H and O–H groups in total. The summed E-state index contributed by atoms with van der Waals surface area (Å²) in [6.45, 7) is 0.369. The number of nitrogens with two attached hydrogens (primary N) is 1. The molecular formula is C23H22ClN3OS. The van der Waals surface area contributed by atoms with E-state index in [1.807, 2.05) is 66.7 Å².